The molecule has 28 heavy (non-hydrogen) atoms. The molecule has 0 radical (unpaired) electrons. The summed E-state index contributed by atoms with van der Waals surface area (Å²) in [6.07, 6.45) is 3.53. The summed E-state index contributed by atoms with van der Waals surface area (Å²) in [6.45, 7) is 4.26. The molecule has 0 aliphatic carbocycles. The van der Waals surface area contributed by atoms with Crippen LogP contribution in [0.15, 0.2) is 72.1 Å². The van der Waals surface area contributed by atoms with Crippen LogP contribution in [-0.4, -0.2) is 19.7 Å². The first-order valence-corrected chi connectivity index (χ1v) is 10.3. The maximum atomic E-state index is 6.09. The zero-order valence-electron chi connectivity index (χ0n) is 15.6. The second-order valence-electron chi connectivity index (χ2n) is 6.57. The lowest BCUT2D eigenvalue weighted by molar-refractivity contribution is 0.885. The van der Waals surface area contributed by atoms with Gasteiger partial charge in [0.05, 0.1) is 0 Å². The van der Waals surface area contributed by atoms with E-state index in [1.54, 1.807) is 24.2 Å². The maximum Gasteiger partial charge on any atom is 0.196 e. The largest absolute Gasteiger partial charge is 0.270 e. The van der Waals surface area contributed by atoms with Gasteiger partial charge in [0.1, 0.15) is 0 Å². The molecule has 4 nitrogen and oxygen atoms in total. The summed E-state index contributed by atoms with van der Waals surface area (Å²) in [4.78, 5) is 4.11. The lowest BCUT2D eigenvalue weighted by atomic mass is 10.1. The van der Waals surface area contributed by atoms with Gasteiger partial charge in [-0.2, -0.15) is 0 Å². The molecular weight excluding hydrogens is 388 g/mol. The van der Waals surface area contributed by atoms with Gasteiger partial charge in [-0.25, -0.2) is 0 Å². The molecule has 0 fully saturated rings. The van der Waals surface area contributed by atoms with E-state index in [0.717, 1.165) is 28.0 Å². The van der Waals surface area contributed by atoms with Crippen LogP contribution in [0, 0.1) is 13.8 Å². The van der Waals surface area contributed by atoms with E-state index in [1.165, 1.54) is 16.7 Å². The normalized spacial score (nSPS) is 11.0. The van der Waals surface area contributed by atoms with Gasteiger partial charge in [0.2, 0.25) is 0 Å². The van der Waals surface area contributed by atoms with Crippen molar-refractivity contribution in [1.29, 1.82) is 0 Å². The summed E-state index contributed by atoms with van der Waals surface area (Å²) in [5, 5.41) is 10.5. The fourth-order valence-corrected chi connectivity index (χ4v) is 4.11. The van der Waals surface area contributed by atoms with Crippen molar-refractivity contribution in [2.45, 2.75) is 24.8 Å². The molecule has 0 bridgehead atoms. The van der Waals surface area contributed by atoms with Crippen LogP contribution in [0.5, 0.6) is 0 Å². The summed E-state index contributed by atoms with van der Waals surface area (Å²) in [7, 11) is 0. The lowest BCUT2D eigenvalue weighted by Gasteiger charge is -2.11. The van der Waals surface area contributed by atoms with Crippen LogP contribution >= 0.6 is 23.4 Å². The second-order valence-corrected chi connectivity index (χ2v) is 7.95. The third-order valence-corrected chi connectivity index (χ3v) is 5.75. The van der Waals surface area contributed by atoms with Gasteiger partial charge in [-0.05, 0) is 61.4 Å². The van der Waals surface area contributed by atoms with E-state index in [0.29, 0.717) is 5.02 Å². The third-order valence-electron chi connectivity index (χ3n) is 4.52. The molecule has 0 unspecified atom stereocenters. The first kappa shape index (κ1) is 18.7. The van der Waals surface area contributed by atoms with Gasteiger partial charge in [0, 0.05) is 34.4 Å². The summed E-state index contributed by atoms with van der Waals surface area (Å²) in [6, 6.07) is 18.1. The number of nitrogens with zero attached hydrogens (tertiary/aromatic N) is 4. The number of aromatic nitrogens is 4. The molecule has 0 amide bonds. The molecule has 6 heteroatoms. The Labute approximate surface area is 173 Å². The Kier molecular flexibility index (Phi) is 5.46. The highest BCUT2D eigenvalue weighted by Gasteiger charge is 2.16. The Balaban J connectivity index is 1.74. The highest BCUT2D eigenvalue weighted by molar-refractivity contribution is 7.98. The predicted molar refractivity (Wildman–Crippen MR) is 115 cm³/mol. The fourth-order valence-electron chi connectivity index (χ4n) is 2.97. The smallest absolute Gasteiger partial charge is 0.196 e. The average Bonchev–Trinajstić information content (AvgIpc) is 3.14. The Morgan fingerprint density at radius 2 is 1.68 bits per heavy atom. The first-order chi connectivity index (χ1) is 13.6. The minimum absolute atomic E-state index is 0.701. The molecule has 0 aliphatic rings. The van der Waals surface area contributed by atoms with Gasteiger partial charge < -0.3 is 0 Å². The molecule has 2 aromatic carbocycles. The number of rotatable bonds is 5. The monoisotopic (exact) mass is 406 g/mol. The van der Waals surface area contributed by atoms with Crippen molar-refractivity contribution in [2.75, 3.05) is 0 Å². The van der Waals surface area contributed by atoms with E-state index in [2.05, 4.69) is 51.8 Å². The van der Waals surface area contributed by atoms with Gasteiger partial charge in [-0.1, -0.05) is 47.1 Å². The zero-order valence-corrected chi connectivity index (χ0v) is 17.2. The topological polar surface area (TPSA) is 43.6 Å². The summed E-state index contributed by atoms with van der Waals surface area (Å²) in [5.41, 5.74) is 5.80. The van der Waals surface area contributed by atoms with Gasteiger partial charge in [-0.3, -0.25) is 9.55 Å². The Bertz CT molecular complexity index is 1090. The van der Waals surface area contributed by atoms with E-state index in [9.17, 15) is 0 Å². The number of benzene rings is 2. The number of thioether (sulfide) groups is 1. The standard InChI is InChI=1S/C22H19ClN4S/c1-15-3-4-16(2)18(13-15)14-28-22-26-25-21(17-9-11-24-12-10-17)27(22)20-7-5-19(23)6-8-20/h3-13H,14H2,1-2H3. The van der Waals surface area contributed by atoms with Crippen molar-refractivity contribution in [3.8, 4) is 17.1 Å². The molecule has 4 rings (SSSR count). The van der Waals surface area contributed by atoms with Crippen LogP contribution < -0.4 is 0 Å². The van der Waals surface area contributed by atoms with Crippen LogP contribution in [0.25, 0.3) is 17.1 Å². The number of hydrogen-bond acceptors (Lipinski definition) is 4. The van der Waals surface area contributed by atoms with Crippen molar-refractivity contribution in [3.05, 3.63) is 88.7 Å². The van der Waals surface area contributed by atoms with Crippen LogP contribution in [-0.2, 0) is 5.75 Å². The van der Waals surface area contributed by atoms with Crippen LogP contribution in [0.2, 0.25) is 5.02 Å². The van der Waals surface area contributed by atoms with Crippen LogP contribution in [0.1, 0.15) is 16.7 Å². The molecule has 0 atom stereocenters. The summed E-state index contributed by atoms with van der Waals surface area (Å²) >= 11 is 7.77. The molecular formula is C22H19ClN4S. The molecule has 2 heterocycles. The third kappa shape index (κ3) is 3.96. The molecule has 4 aromatic rings. The fraction of sp³-hybridized carbons (Fsp3) is 0.136. The Morgan fingerprint density at radius 3 is 2.43 bits per heavy atom. The molecule has 0 saturated heterocycles. The van der Waals surface area contributed by atoms with Crippen molar-refractivity contribution >= 4 is 23.4 Å². The Hall–Kier alpha value is -2.63. The SMILES string of the molecule is Cc1ccc(C)c(CSc2nnc(-c3ccncc3)n2-c2ccc(Cl)cc2)c1. The van der Waals surface area contributed by atoms with Gasteiger partial charge in [0.15, 0.2) is 11.0 Å². The predicted octanol–water partition coefficient (Wildman–Crippen LogP) is 5.89. The van der Waals surface area contributed by atoms with E-state index in [1.807, 2.05) is 36.4 Å². The Morgan fingerprint density at radius 1 is 0.929 bits per heavy atom. The van der Waals surface area contributed by atoms with Gasteiger partial charge in [-0.15, -0.1) is 10.2 Å². The van der Waals surface area contributed by atoms with E-state index in [4.69, 9.17) is 11.6 Å². The van der Waals surface area contributed by atoms with Crippen LogP contribution in [0.4, 0.5) is 0 Å². The van der Waals surface area contributed by atoms with Crippen molar-refractivity contribution in [2.24, 2.45) is 0 Å². The van der Waals surface area contributed by atoms with Crippen LogP contribution in [0.3, 0.4) is 0 Å². The summed E-state index contributed by atoms with van der Waals surface area (Å²) < 4.78 is 2.07. The number of halogens is 1. The van der Waals surface area contributed by atoms with E-state index in [-0.39, 0.29) is 0 Å². The zero-order chi connectivity index (χ0) is 19.5. The first-order valence-electron chi connectivity index (χ1n) is 8.92. The van der Waals surface area contributed by atoms with Crippen molar-refractivity contribution in [1.82, 2.24) is 19.7 Å². The van der Waals surface area contributed by atoms with Crippen molar-refractivity contribution < 1.29 is 0 Å². The molecule has 2 aromatic heterocycles. The van der Waals surface area contributed by atoms with E-state index < -0.39 is 0 Å². The molecule has 140 valence electrons. The summed E-state index contributed by atoms with van der Waals surface area (Å²) in [5.74, 6) is 1.61. The lowest BCUT2D eigenvalue weighted by Crippen LogP contribution is -2.00. The number of hydrogen-bond donors (Lipinski definition) is 0. The van der Waals surface area contributed by atoms with E-state index >= 15 is 0 Å². The average molecular weight is 407 g/mol. The quantitative estimate of drug-likeness (QED) is 0.387. The molecule has 0 spiro atoms. The molecule has 0 aliphatic heterocycles. The minimum atomic E-state index is 0.701. The minimum Gasteiger partial charge on any atom is -0.270 e. The molecule has 0 saturated carbocycles. The second kappa shape index (κ2) is 8.17. The maximum absolute atomic E-state index is 6.09. The van der Waals surface area contributed by atoms with Gasteiger partial charge in [0.25, 0.3) is 0 Å². The highest BCUT2D eigenvalue weighted by atomic mass is 35.5. The molecule has 0 N–H and O–H groups in total. The highest BCUT2D eigenvalue weighted by Crippen LogP contribution is 2.30. The number of aryl methyl sites for hydroxylation is 2. The number of pyridine rings is 1. The van der Waals surface area contributed by atoms with Crippen molar-refractivity contribution in [3.63, 3.8) is 0 Å². The van der Waals surface area contributed by atoms with Gasteiger partial charge >= 0.3 is 0 Å².